The molecule has 0 saturated carbocycles. The summed E-state index contributed by atoms with van der Waals surface area (Å²) in [6, 6.07) is -0.764. The van der Waals surface area contributed by atoms with Crippen molar-refractivity contribution in [1.29, 1.82) is 0 Å². The van der Waals surface area contributed by atoms with Crippen LogP contribution >= 0.6 is 0 Å². The monoisotopic (exact) mass is 417 g/mol. The summed E-state index contributed by atoms with van der Waals surface area (Å²) in [7, 11) is -0.726. The van der Waals surface area contributed by atoms with Gasteiger partial charge < -0.3 is 23.7 Å². The zero-order valence-electron chi connectivity index (χ0n) is 18.7. The van der Waals surface area contributed by atoms with E-state index in [0.717, 1.165) is 12.8 Å². The first-order valence-electron chi connectivity index (χ1n) is 10.2. The molecule has 164 valence electrons. The molecule has 1 fully saturated rings. The number of hydrogen-bond acceptors (Lipinski definition) is 6. The molecule has 0 bridgehead atoms. The number of methoxy groups -OCH3 is 1. The molecule has 0 aromatic rings. The third-order valence-corrected chi connectivity index (χ3v) is 10.9. The Morgan fingerprint density at radius 2 is 1.96 bits per heavy atom. The van der Waals surface area contributed by atoms with Crippen molar-refractivity contribution >= 4 is 8.32 Å². The molecule has 0 spiro atoms. The molecule has 0 amide bonds. The van der Waals surface area contributed by atoms with E-state index in [0.29, 0.717) is 12.5 Å². The number of aliphatic hydroxyl groups is 1. The fraction of sp³-hybridized carbons (Fsp3) is 1.00. The van der Waals surface area contributed by atoms with Crippen molar-refractivity contribution in [3.05, 3.63) is 10.4 Å². The normalized spacial score (nSPS) is 29.0. The zero-order chi connectivity index (χ0) is 21.5. The number of ether oxygens (including phenoxy) is 3. The van der Waals surface area contributed by atoms with Crippen molar-refractivity contribution in [2.24, 2.45) is 11.0 Å². The van der Waals surface area contributed by atoms with Crippen LogP contribution in [0.1, 0.15) is 47.5 Å². The zero-order valence-corrected chi connectivity index (χ0v) is 19.7. The van der Waals surface area contributed by atoms with Gasteiger partial charge >= 0.3 is 0 Å². The van der Waals surface area contributed by atoms with Crippen LogP contribution in [0.2, 0.25) is 18.1 Å². The van der Waals surface area contributed by atoms with Crippen molar-refractivity contribution in [3.63, 3.8) is 0 Å². The highest BCUT2D eigenvalue weighted by molar-refractivity contribution is 6.74. The molecule has 1 aliphatic heterocycles. The summed E-state index contributed by atoms with van der Waals surface area (Å²) in [6.07, 6.45) is -1.24. The first-order valence-corrected chi connectivity index (χ1v) is 13.1. The number of hydrogen-bond donors (Lipinski definition) is 1. The second-order valence-electron chi connectivity index (χ2n) is 8.88. The molecule has 1 rings (SSSR count). The van der Waals surface area contributed by atoms with Gasteiger partial charge in [0.2, 0.25) is 0 Å². The largest absolute Gasteiger partial charge is 0.392 e. The third-order valence-electron chi connectivity index (χ3n) is 6.37. The van der Waals surface area contributed by atoms with Gasteiger partial charge in [0, 0.05) is 18.6 Å². The molecule has 0 aliphatic carbocycles. The highest BCUT2D eigenvalue weighted by Gasteiger charge is 2.51. The van der Waals surface area contributed by atoms with Gasteiger partial charge in [-0.25, -0.2) is 0 Å². The molecular formula is C19H39N3O5Si. The van der Waals surface area contributed by atoms with Gasteiger partial charge in [-0.15, -0.1) is 0 Å². The number of unbranched alkanes of at least 4 members (excludes halogenated alkanes) is 1. The van der Waals surface area contributed by atoms with Crippen LogP contribution in [-0.4, -0.2) is 64.4 Å². The fourth-order valence-electron chi connectivity index (χ4n) is 3.18. The van der Waals surface area contributed by atoms with Crippen molar-refractivity contribution < 1.29 is 23.7 Å². The summed E-state index contributed by atoms with van der Waals surface area (Å²) in [5.74, 6) is 0.410. The van der Waals surface area contributed by atoms with Crippen LogP contribution in [0, 0.1) is 5.92 Å². The number of aliphatic hydroxyl groups excluding tert-OH is 1. The van der Waals surface area contributed by atoms with Gasteiger partial charge in [-0.2, -0.15) is 0 Å². The Kier molecular flexibility index (Phi) is 9.89. The van der Waals surface area contributed by atoms with Crippen LogP contribution < -0.4 is 0 Å². The lowest BCUT2D eigenvalue weighted by atomic mass is 9.97. The van der Waals surface area contributed by atoms with E-state index >= 15 is 0 Å². The second kappa shape index (κ2) is 10.9. The second-order valence-corrected chi connectivity index (χ2v) is 13.4. The molecule has 8 nitrogen and oxygen atoms in total. The van der Waals surface area contributed by atoms with E-state index in [9.17, 15) is 5.11 Å². The van der Waals surface area contributed by atoms with Crippen molar-refractivity contribution in [1.82, 2.24) is 0 Å². The number of rotatable bonds is 11. The predicted molar refractivity (Wildman–Crippen MR) is 112 cm³/mol. The Hall–Kier alpha value is -0.673. The summed E-state index contributed by atoms with van der Waals surface area (Å²) in [5, 5.41) is 14.6. The SMILES string of the molecule is CCCCOC1[C@H](O)C(COC)O[C@@H](O[Si](C)(C)C(C)(C)C(C)C)[C@H]1N=[N+]=[N-]. The topological polar surface area (TPSA) is 106 Å². The van der Waals surface area contributed by atoms with Crippen molar-refractivity contribution in [2.75, 3.05) is 20.3 Å². The van der Waals surface area contributed by atoms with Gasteiger partial charge in [-0.1, -0.05) is 46.2 Å². The lowest BCUT2D eigenvalue weighted by Crippen LogP contribution is -2.62. The van der Waals surface area contributed by atoms with Crippen LogP contribution in [0.25, 0.3) is 10.4 Å². The molecule has 5 atom stereocenters. The first kappa shape index (κ1) is 25.4. The van der Waals surface area contributed by atoms with E-state index in [1.165, 1.54) is 0 Å². The quantitative estimate of drug-likeness (QED) is 0.178. The van der Waals surface area contributed by atoms with E-state index in [1.54, 1.807) is 7.11 Å². The Labute approximate surface area is 170 Å². The summed E-state index contributed by atoms with van der Waals surface area (Å²) in [4.78, 5) is 2.98. The van der Waals surface area contributed by atoms with Crippen LogP contribution in [0.15, 0.2) is 5.11 Å². The summed E-state index contributed by atoms with van der Waals surface area (Å²) >= 11 is 0. The average molecular weight is 418 g/mol. The molecule has 0 aromatic carbocycles. The van der Waals surface area contributed by atoms with E-state index in [4.69, 9.17) is 24.2 Å². The van der Waals surface area contributed by atoms with Gasteiger partial charge in [-0.3, -0.25) is 0 Å². The maximum Gasteiger partial charge on any atom is 0.196 e. The van der Waals surface area contributed by atoms with E-state index in [2.05, 4.69) is 57.7 Å². The smallest absolute Gasteiger partial charge is 0.196 e. The third kappa shape index (κ3) is 5.92. The van der Waals surface area contributed by atoms with Crippen LogP contribution in [0.3, 0.4) is 0 Å². The van der Waals surface area contributed by atoms with Crippen LogP contribution in [0.4, 0.5) is 0 Å². The Morgan fingerprint density at radius 1 is 1.32 bits per heavy atom. The van der Waals surface area contributed by atoms with Gasteiger partial charge in [0.25, 0.3) is 0 Å². The molecule has 1 N–H and O–H groups in total. The summed E-state index contributed by atoms with van der Waals surface area (Å²) in [5.41, 5.74) is 9.12. The molecule has 1 aliphatic rings. The molecule has 2 unspecified atom stereocenters. The summed E-state index contributed by atoms with van der Waals surface area (Å²) in [6.45, 7) is 15.8. The lowest BCUT2D eigenvalue weighted by molar-refractivity contribution is -0.253. The molecular weight excluding hydrogens is 378 g/mol. The van der Waals surface area contributed by atoms with E-state index in [1.807, 2.05) is 0 Å². The Morgan fingerprint density at radius 3 is 2.46 bits per heavy atom. The Bertz CT molecular complexity index is 526. The van der Waals surface area contributed by atoms with Crippen molar-refractivity contribution in [2.45, 2.75) is 96.2 Å². The van der Waals surface area contributed by atoms with Crippen LogP contribution in [-0.2, 0) is 18.6 Å². The van der Waals surface area contributed by atoms with Crippen LogP contribution in [0.5, 0.6) is 0 Å². The molecule has 1 heterocycles. The minimum Gasteiger partial charge on any atom is -0.392 e. The Balaban J connectivity index is 3.18. The molecule has 0 aromatic heterocycles. The fourth-order valence-corrected chi connectivity index (χ4v) is 5.65. The lowest BCUT2D eigenvalue weighted by Gasteiger charge is -2.49. The summed E-state index contributed by atoms with van der Waals surface area (Å²) < 4.78 is 23.7. The highest BCUT2D eigenvalue weighted by atomic mass is 28.4. The molecule has 0 radical (unpaired) electrons. The van der Waals surface area contributed by atoms with Crippen molar-refractivity contribution in [3.8, 4) is 0 Å². The minimum absolute atomic E-state index is 0.0390. The van der Waals surface area contributed by atoms with Gasteiger partial charge in [-0.05, 0) is 36.0 Å². The van der Waals surface area contributed by atoms with E-state index < -0.39 is 39.0 Å². The standard InChI is InChI=1S/C19H39N3O5Si/c1-9-10-11-25-17-15(21-22-20)18(26-14(12-24-6)16(17)23)27-28(7,8)19(4,5)13(2)3/h13-18,23H,9-12H2,1-8H3/t14?,15-,16+,17?,18-/m0/s1. The highest BCUT2D eigenvalue weighted by Crippen LogP contribution is 2.46. The average Bonchev–Trinajstić information content (AvgIpc) is 2.61. The first-order chi connectivity index (χ1) is 13.0. The van der Waals surface area contributed by atoms with E-state index in [-0.39, 0.29) is 11.6 Å². The molecule has 28 heavy (non-hydrogen) atoms. The number of azide groups is 1. The molecule has 9 heteroatoms. The number of nitrogens with zero attached hydrogens (tertiary/aromatic N) is 3. The van der Waals surface area contributed by atoms with Gasteiger partial charge in [0.05, 0.1) is 12.7 Å². The van der Waals surface area contributed by atoms with Gasteiger partial charge in [0.15, 0.2) is 14.6 Å². The van der Waals surface area contributed by atoms with Gasteiger partial charge in [0.1, 0.15) is 18.2 Å². The molecule has 1 saturated heterocycles. The maximum atomic E-state index is 10.8. The minimum atomic E-state index is -2.28. The maximum absolute atomic E-state index is 10.8. The predicted octanol–water partition coefficient (Wildman–Crippen LogP) is 4.24.